The molecule has 0 aromatic heterocycles. The second kappa shape index (κ2) is 8.72. The minimum absolute atomic E-state index is 0. The monoisotopic (exact) mass is 414 g/mol. The molecule has 1 aromatic carbocycles. The van der Waals surface area contributed by atoms with Crippen LogP contribution in [0.1, 0.15) is 30.4 Å². The fourth-order valence-corrected chi connectivity index (χ4v) is 3.14. The summed E-state index contributed by atoms with van der Waals surface area (Å²) < 4.78 is 0. The highest BCUT2D eigenvalue weighted by Crippen LogP contribution is 2.16. The molecule has 22 heavy (non-hydrogen) atoms. The Morgan fingerprint density at radius 3 is 2.45 bits per heavy atom. The molecular weight excluding hydrogens is 387 g/mol. The van der Waals surface area contributed by atoms with Gasteiger partial charge in [-0.05, 0) is 37.1 Å². The molecule has 0 aliphatic carbocycles. The smallest absolute Gasteiger partial charge is 0.194 e. The molecule has 0 saturated carbocycles. The lowest BCUT2D eigenvalue weighted by Crippen LogP contribution is -2.35. The number of guanidine groups is 1. The molecule has 0 amide bonds. The standard InChI is InChI=1S/C17H26N4.HI/c1-20-12-9-18-17(20)19-13-15-7-3-4-8-16(15)14-21-10-5-2-6-11-21;/h3-4,7-8H,2,5-6,9-14H2,1H3,(H,18,19);1H. The Morgan fingerprint density at radius 1 is 1.05 bits per heavy atom. The van der Waals surface area contributed by atoms with E-state index in [-0.39, 0.29) is 24.0 Å². The van der Waals surface area contributed by atoms with Crippen molar-refractivity contribution in [1.82, 2.24) is 15.1 Å². The van der Waals surface area contributed by atoms with E-state index in [1.807, 2.05) is 0 Å². The second-order valence-electron chi connectivity index (χ2n) is 6.09. The summed E-state index contributed by atoms with van der Waals surface area (Å²) in [5, 5.41) is 3.48. The van der Waals surface area contributed by atoms with Gasteiger partial charge in [-0.2, -0.15) is 0 Å². The van der Waals surface area contributed by atoms with Crippen LogP contribution in [-0.4, -0.2) is 49.0 Å². The van der Waals surface area contributed by atoms with Crippen LogP contribution in [0, 0.1) is 0 Å². The lowest BCUT2D eigenvalue weighted by Gasteiger charge is -2.27. The van der Waals surface area contributed by atoms with Crippen LogP contribution in [-0.2, 0) is 13.1 Å². The maximum atomic E-state index is 4.50. The summed E-state index contributed by atoms with van der Waals surface area (Å²) in [5.74, 6) is 1.03. The van der Waals surface area contributed by atoms with E-state index in [2.05, 4.69) is 51.4 Å². The Kier molecular flexibility index (Phi) is 6.95. The number of nitrogens with one attached hydrogen (secondary N) is 1. The summed E-state index contributed by atoms with van der Waals surface area (Å²) in [5.41, 5.74) is 2.85. The minimum Gasteiger partial charge on any atom is -0.352 e. The zero-order chi connectivity index (χ0) is 14.5. The van der Waals surface area contributed by atoms with Crippen molar-refractivity contribution >= 4 is 29.9 Å². The van der Waals surface area contributed by atoms with Gasteiger partial charge in [-0.1, -0.05) is 30.7 Å². The van der Waals surface area contributed by atoms with E-state index in [1.54, 1.807) is 0 Å². The molecule has 4 nitrogen and oxygen atoms in total. The third kappa shape index (κ3) is 4.59. The zero-order valence-corrected chi connectivity index (χ0v) is 15.8. The molecule has 0 spiro atoms. The summed E-state index contributed by atoms with van der Waals surface area (Å²) in [4.78, 5) is 9.27. The molecule has 0 atom stereocenters. The number of hydrogen-bond acceptors (Lipinski definition) is 4. The molecular formula is C17H27IN4. The lowest BCUT2D eigenvalue weighted by atomic mass is 10.0. The van der Waals surface area contributed by atoms with Gasteiger partial charge < -0.3 is 10.2 Å². The number of likely N-dealkylation sites (tertiary alicyclic amines) is 1. The van der Waals surface area contributed by atoms with Crippen molar-refractivity contribution in [2.75, 3.05) is 33.2 Å². The van der Waals surface area contributed by atoms with Gasteiger partial charge in [-0.15, -0.1) is 24.0 Å². The van der Waals surface area contributed by atoms with Crippen LogP contribution < -0.4 is 5.32 Å². The van der Waals surface area contributed by atoms with Crippen molar-refractivity contribution in [3.63, 3.8) is 0 Å². The first-order valence-electron chi connectivity index (χ1n) is 8.11. The number of hydrogen-bond donors (Lipinski definition) is 1. The van der Waals surface area contributed by atoms with Crippen LogP contribution in [0.5, 0.6) is 0 Å². The molecule has 1 saturated heterocycles. The Balaban J connectivity index is 0.00000176. The van der Waals surface area contributed by atoms with Gasteiger partial charge in [0.05, 0.1) is 6.54 Å². The predicted octanol–water partition coefficient (Wildman–Crippen LogP) is 2.68. The highest BCUT2D eigenvalue weighted by molar-refractivity contribution is 14.0. The van der Waals surface area contributed by atoms with Gasteiger partial charge in [0.1, 0.15) is 0 Å². The largest absolute Gasteiger partial charge is 0.352 e. The van der Waals surface area contributed by atoms with Gasteiger partial charge in [0.2, 0.25) is 0 Å². The van der Waals surface area contributed by atoms with Crippen molar-refractivity contribution in [3.05, 3.63) is 35.4 Å². The molecule has 1 fully saturated rings. The van der Waals surface area contributed by atoms with Gasteiger partial charge in [0.15, 0.2) is 5.96 Å². The first-order valence-corrected chi connectivity index (χ1v) is 8.11. The maximum Gasteiger partial charge on any atom is 0.194 e. The van der Waals surface area contributed by atoms with E-state index in [0.717, 1.165) is 32.1 Å². The topological polar surface area (TPSA) is 30.9 Å². The molecule has 1 aromatic rings. The fraction of sp³-hybridized carbons (Fsp3) is 0.588. The highest BCUT2D eigenvalue weighted by Gasteiger charge is 2.14. The normalized spacial score (nSPS) is 18.8. The molecule has 5 heteroatoms. The Bertz CT molecular complexity index is 497. The van der Waals surface area contributed by atoms with E-state index in [4.69, 9.17) is 0 Å². The SMILES string of the molecule is CN1CCN=C1NCc1ccccc1CN1CCCCC1.I. The number of nitrogens with zero attached hydrogens (tertiary/aromatic N) is 3. The Morgan fingerprint density at radius 2 is 1.77 bits per heavy atom. The minimum atomic E-state index is 0. The summed E-state index contributed by atoms with van der Waals surface area (Å²) >= 11 is 0. The molecule has 0 bridgehead atoms. The molecule has 1 N–H and O–H groups in total. The van der Waals surface area contributed by atoms with Gasteiger partial charge in [0.25, 0.3) is 0 Å². The van der Waals surface area contributed by atoms with Crippen molar-refractivity contribution in [2.45, 2.75) is 32.4 Å². The summed E-state index contributed by atoms with van der Waals surface area (Å²) in [6, 6.07) is 8.80. The summed E-state index contributed by atoms with van der Waals surface area (Å²) in [7, 11) is 2.10. The lowest BCUT2D eigenvalue weighted by molar-refractivity contribution is 0.220. The number of piperidine rings is 1. The van der Waals surface area contributed by atoms with Crippen LogP contribution in [0.4, 0.5) is 0 Å². The predicted molar refractivity (Wildman–Crippen MR) is 103 cm³/mol. The van der Waals surface area contributed by atoms with Crippen molar-refractivity contribution in [2.24, 2.45) is 4.99 Å². The average Bonchev–Trinajstić information content (AvgIpc) is 2.93. The van der Waals surface area contributed by atoms with E-state index in [9.17, 15) is 0 Å². The Hall–Kier alpha value is -0.820. The zero-order valence-electron chi connectivity index (χ0n) is 13.4. The number of likely N-dealkylation sites (N-methyl/N-ethyl adjacent to an activating group) is 1. The molecule has 3 rings (SSSR count). The Labute approximate surface area is 151 Å². The van der Waals surface area contributed by atoms with E-state index in [1.165, 1.54) is 43.5 Å². The van der Waals surface area contributed by atoms with E-state index < -0.39 is 0 Å². The molecule has 2 heterocycles. The van der Waals surface area contributed by atoms with E-state index >= 15 is 0 Å². The molecule has 2 aliphatic rings. The first-order chi connectivity index (χ1) is 10.3. The van der Waals surface area contributed by atoms with Gasteiger partial charge in [-0.25, -0.2) is 0 Å². The van der Waals surface area contributed by atoms with Gasteiger partial charge in [0, 0.05) is 26.7 Å². The number of benzene rings is 1. The first kappa shape index (κ1) is 17.5. The van der Waals surface area contributed by atoms with Crippen LogP contribution in [0.2, 0.25) is 0 Å². The van der Waals surface area contributed by atoms with Gasteiger partial charge >= 0.3 is 0 Å². The van der Waals surface area contributed by atoms with Crippen molar-refractivity contribution in [1.29, 1.82) is 0 Å². The summed E-state index contributed by atoms with van der Waals surface area (Å²) in [6.07, 6.45) is 4.09. The quantitative estimate of drug-likeness (QED) is 0.769. The number of aliphatic imine (C=N–C) groups is 1. The average molecular weight is 414 g/mol. The van der Waals surface area contributed by atoms with Crippen LogP contribution in [0.25, 0.3) is 0 Å². The number of rotatable bonds is 4. The van der Waals surface area contributed by atoms with E-state index in [0.29, 0.717) is 0 Å². The molecule has 122 valence electrons. The fourth-order valence-electron chi connectivity index (χ4n) is 3.14. The van der Waals surface area contributed by atoms with Crippen LogP contribution in [0.15, 0.2) is 29.3 Å². The highest BCUT2D eigenvalue weighted by atomic mass is 127. The third-order valence-corrected chi connectivity index (χ3v) is 4.46. The van der Waals surface area contributed by atoms with Gasteiger partial charge in [-0.3, -0.25) is 9.89 Å². The van der Waals surface area contributed by atoms with Crippen molar-refractivity contribution < 1.29 is 0 Å². The molecule has 2 aliphatic heterocycles. The second-order valence-corrected chi connectivity index (χ2v) is 6.09. The third-order valence-electron chi connectivity index (χ3n) is 4.46. The summed E-state index contributed by atoms with van der Waals surface area (Å²) in [6.45, 7) is 6.38. The number of halogens is 1. The van der Waals surface area contributed by atoms with Crippen LogP contribution in [0.3, 0.4) is 0 Å². The van der Waals surface area contributed by atoms with Crippen molar-refractivity contribution in [3.8, 4) is 0 Å². The maximum absolute atomic E-state index is 4.50. The van der Waals surface area contributed by atoms with Crippen LogP contribution >= 0.6 is 24.0 Å². The molecule has 0 unspecified atom stereocenters. The molecule has 0 radical (unpaired) electrons.